The average molecular weight is 242 g/mol. The molecule has 0 radical (unpaired) electrons. The zero-order valence-electron chi connectivity index (χ0n) is 11.3. The first-order chi connectivity index (χ1) is 7.49. The van der Waals surface area contributed by atoms with E-state index >= 15 is 0 Å². The predicted molar refractivity (Wildman–Crippen MR) is 75.2 cm³/mol. The maximum atomic E-state index is 4.72. The topological polar surface area (TPSA) is 24.4 Å². The van der Waals surface area contributed by atoms with Gasteiger partial charge in [0.05, 0.1) is 6.04 Å². The summed E-state index contributed by atoms with van der Waals surface area (Å²) < 4.78 is 0. The molecular weight excluding hydrogens is 216 g/mol. The summed E-state index contributed by atoms with van der Waals surface area (Å²) in [5, 5.41) is 4.69. The van der Waals surface area contributed by atoms with Crippen molar-refractivity contribution in [2.45, 2.75) is 59.5 Å². The summed E-state index contributed by atoms with van der Waals surface area (Å²) in [6.07, 6.45) is 2.53. The first-order valence-corrected chi connectivity index (χ1v) is 7.44. The number of hydrogen-bond donors (Lipinski definition) is 1. The monoisotopic (exact) mass is 242 g/mol. The third kappa shape index (κ3) is 4.77. The Bertz CT molecular complexity index is 236. The molecule has 1 heterocycles. The van der Waals surface area contributed by atoms with Gasteiger partial charge >= 0.3 is 0 Å². The summed E-state index contributed by atoms with van der Waals surface area (Å²) in [6, 6.07) is 1.07. The van der Waals surface area contributed by atoms with Crippen LogP contribution >= 0.6 is 11.8 Å². The Balaban J connectivity index is 2.29. The van der Waals surface area contributed by atoms with E-state index in [1.165, 1.54) is 12.8 Å². The quantitative estimate of drug-likeness (QED) is 0.797. The van der Waals surface area contributed by atoms with Gasteiger partial charge in [-0.3, -0.25) is 4.99 Å². The molecule has 94 valence electrons. The second-order valence-electron chi connectivity index (χ2n) is 5.57. The molecule has 0 fully saturated rings. The molecule has 0 bridgehead atoms. The Morgan fingerprint density at radius 3 is 2.44 bits per heavy atom. The van der Waals surface area contributed by atoms with E-state index in [1.54, 1.807) is 0 Å². The highest BCUT2D eigenvalue weighted by molar-refractivity contribution is 8.14. The van der Waals surface area contributed by atoms with Gasteiger partial charge in [-0.2, -0.15) is 0 Å². The molecule has 1 N–H and O–H groups in total. The average Bonchev–Trinajstić information content (AvgIpc) is 2.63. The van der Waals surface area contributed by atoms with Gasteiger partial charge in [0.15, 0.2) is 5.17 Å². The van der Waals surface area contributed by atoms with E-state index in [4.69, 9.17) is 4.99 Å². The Morgan fingerprint density at radius 2 is 1.94 bits per heavy atom. The molecule has 2 atom stereocenters. The molecule has 16 heavy (non-hydrogen) atoms. The van der Waals surface area contributed by atoms with Gasteiger partial charge in [0, 0.05) is 11.8 Å². The summed E-state index contributed by atoms with van der Waals surface area (Å²) in [5.41, 5.74) is 0. The number of hydrogen-bond acceptors (Lipinski definition) is 3. The molecule has 0 saturated heterocycles. The lowest BCUT2D eigenvalue weighted by Crippen LogP contribution is -2.30. The van der Waals surface area contributed by atoms with Crippen LogP contribution < -0.4 is 5.32 Å². The van der Waals surface area contributed by atoms with Crippen molar-refractivity contribution in [2.24, 2.45) is 16.8 Å². The third-order valence-corrected chi connectivity index (χ3v) is 4.00. The van der Waals surface area contributed by atoms with Crippen LogP contribution in [0.5, 0.6) is 0 Å². The molecule has 2 nitrogen and oxygen atoms in total. The zero-order chi connectivity index (χ0) is 12.1. The van der Waals surface area contributed by atoms with Crippen LogP contribution in [0.4, 0.5) is 0 Å². The van der Waals surface area contributed by atoms with Gasteiger partial charge < -0.3 is 5.32 Å². The van der Waals surface area contributed by atoms with Gasteiger partial charge in [0.25, 0.3) is 0 Å². The van der Waals surface area contributed by atoms with Crippen LogP contribution in [0.1, 0.15) is 47.5 Å². The molecule has 0 aromatic carbocycles. The molecule has 0 amide bonds. The van der Waals surface area contributed by atoms with E-state index in [-0.39, 0.29) is 0 Å². The number of nitrogens with zero attached hydrogens (tertiary/aromatic N) is 1. The molecule has 1 aliphatic heterocycles. The van der Waals surface area contributed by atoms with Crippen LogP contribution in [0.2, 0.25) is 0 Å². The minimum absolute atomic E-state index is 0.518. The Morgan fingerprint density at radius 1 is 1.25 bits per heavy atom. The van der Waals surface area contributed by atoms with E-state index in [2.05, 4.69) is 39.9 Å². The first kappa shape index (κ1) is 13.9. The summed E-state index contributed by atoms with van der Waals surface area (Å²) >= 11 is 1.88. The Hall–Kier alpha value is -0.180. The van der Waals surface area contributed by atoms with Gasteiger partial charge in [0.2, 0.25) is 0 Å². The molecule has 3 heteroatoms. The highest BCUT2D eigenvalue weighted by atomic mass is 32.2. The first-order valence-electron chi connectivity index (χ1n) is 6.46. The standard InChI is InChI=1S/C13H26N2S/c1-9(2)6-7-11(5)14-13-15-12(8-16-13)10(3)4/h9-12H,6-8H2,1-5H3,(H,14,15)/t11?,12-/m1/s1. The Labute approximate surface area is 105 Å². The van der Waals surface area contributed by atoms with Gasteiger partial charge in [0.1, 0.15) is 0 Å². The van der Waals surface area contributed by atoms with Gasteiger partial charge in [-0.1, -0.05) is 39.5 Å². The lowest BCUT2D eigenvalue weighted by molar-refractivity contribution is 0.492. The minimum atomic E-state index is 0.518. The fourth-order valence-electron chi connectivity index (χ4n) is 1.68. The molecule has 1 unspecified atom stereocenters. The van der Waals surface area contributed by atoms with E-state index in [1.807, 2.05) is 11.8 Å². The van der Waals surface area contributed by atoms with Crippen LogP contribution in [0, 0.1) is 11.8 Å². The normalized spacial score (nSPS) is 22.7. The van der Waals surface area contributed by atoms with Crippen LogP contribution in [0.3, 0.4) is 0 Å². The smallest absolute Gasteiger partial charge is 0.157 e. The third-order valence-electron chi connectivity index (χ3n) is 2.99. The fourth-order valence-corrected chi connectivity index (χ4v) is 2.96. The van der Waals surface area contributed by atoms with Crippen molar-refractivity contribution in [1.82, 2.24) is 5.32 Å². The zero-order valence-corrected chi connectivity index (χ0v) is 12.1. The molecule has 0 aliphatic carbocycles. The fraction of sp³-hybridized carbons (Fsp3) is 0.923. The van der Waals surface area contributed by atoms with Crippen molar-refractivity contribution in [2.75, 3.05) is 5.75 Å². The molecule has 0 aromatic heterocycles. The van der Waals surface area contributed by atoms with E-state index in [0.717, 1.165) is 16.8 Å². The minimum Gasteiger partial charge on any atom is -0.362 e. The van der Waals surface area contributed by atoms with Crippen LogP contribution in [0.15, 0.2) is 4.99 Å². The maximum Gasteiger partial charge on any atom is 0.157 e. The van der Waals surface area contributed by atoms with Crippen molar-refractivity contribution in [3.8, 4) is 0 Å². The van der Waals surface area contributed by atoms with Crippen molar-refractivity contribution in [3.05, 3.63) is 0 Å². The van der Waals surface area contributed by atoms with Crippen LogP contribution in [-0.2, 0) is 0 Å². The predicted octanol–water partition coefficient (Wildman–Crippen LogP) is 3.53. The maximum absolute atomic E-state index is 4.72. The summed E-state index contributed by atoms with van der Waals surface area (Å²) in [5.74, 6) is 2.61. The van der Waals surface area contributed by atoms with Gasteiger partial charge in [-0.25, -0.2) is 0 Å². The summed E-state index contributed by atoms with van der Waals surface area (Å²) in [4.78, 5) is 4.72. The van der Waals surface area contributed by atoms with E-state index < -0.39 is 0 Å². The number of rotatable bonds is 5. The summed E-state index contributed by atoms with van der Waals surface area (Å²) in [7, 11) is 0. The molecule has 0 saturated carbocycles. The molecule has 0 aromatic rings. The molecule has 0 spiro atoms. The van der Waals surface area contributed by atoms with Crippen molar-refractivity contribution in [1.29, 1.82) is 0 Å². The number of aliphatic imine (C=N–C) groups is 1. The van der Waals surface area contributed by atoms with Crippen molar-refractivity contribution in [3.63, 3.8) is 0 Å². The van der Waals surface area contributed by atoms with Crippen molar-refractivity contribution < 1.29 is 0 Å². The second-order valence-corrected chi connectivity index (χ2v) is 6.58. The second kappa shape index (κ2) is 6.53. The van der Waals surface area contributed by atoms with E-state index in [9.17, 15) is 0 Å². The summed E-state index contributed by atoms with van der Waals surface area (Å²) in [6.45, 7) is 11.3. The van der Waals surface area contributed by atoms with Crippen LogP contribution in [0.25, 0.3) is 0 Å². The largest absolute Gasteiger partial charge is 0.362 e. The van der Waals surface area contributed by atoms with Crippen LogP contribution in [-0.4, -0.2) is 23.0 Å². The van der Waals surface area contributed by atoms with Gasteiger partial charge in [-0.15, -0.1) is 0 Å². The number of amidine groups is 1. The number of nitrogens with one attached hydrogen (secondary N) is 1. The van der Waals surface area contributed by atoms with Crippen molar-refractivity contribution >= 4 is 16.9 Å². The lowest BCUT2D eigenvalue weighted by Gasteiger charge is -2.15. The SMILES string of the molecule is CC(C)CCC(C)NC1=N[C@@H](C(C)C)CS1. The Kier molecular flexibility index (Phi) is 5.67. The van der Waals surface area contributed by atoms with Gasteiger partial charge in [-0.05, 0) is 31.6 Å². The number of thioether (sulfide) groups is 1. The lowest BCUT2D eigenvalue weighted by atomic mass is 10.0. The highest BCUT2D eigenvalue weighted by Gasteiger charge is 2.21. The van der Waals surface area contributed by atoms with E-state index in [0.29, 0.717) is 18.0 Å². The molecule has 1 rings (SSSR count). The molecule has 1 aliphatic rings. The molecular formula is C13H26N2S. The highest BCUT2D eigenvalue weighted by Crippen LogP contribution is 2.22.